The van der Waals surface area contributed by atoms with E-state index in [9.17, 15) is 4.39 Å². The van der Waals surface area contributed by atoms with E-state index in [1.165, 1.54) is 12.1 Å². The lowest BCUT2D eigenvalue weighted by Crippen LogP contribution is -2.00. The van der Waals surface area contributed by atoms with E-state index in [-0.39, 0.29) is 11.9 Å². The third kappa shape index (κ3) is 1.82. The molecule has 1 aliphatic rings. The molecule has 1 aliphatic carbocycles. The average molecular weight is 303 g/mol. The molecule has 1 aromatic carbocycles. The van der Waals surface area contributed by atoms with Gasteiger partial charge in [0.15, 0.2) is 0 Å². The van der Waals surface area contributed by atoms with Gasteiger partial charge in [0, 0.05) is 0 Å². The molecule has 0 amide bonds. The van der Waals surface area contributed by atoms with E-state index in [0.717, 1.165) is 12.8 Å². The summed E-state index contributed by atoms with van der Waals surface area (Å²) in [5.74, 6) is 0.131. The molecule has 14 heavy (non-hydrogen) atoms. The molecule has 0 atom stereocenters. The Labute approximate surface area is 94.8 Å². The summed E-state index contributed by atoms with van der Waals surface area (Å²) in [6.07, 6.45) is 2.28. The van der Waals surface area contributed by atoms with Gasteiger partial charge in [-0.3, -0.25) is 0 Å². The molecule has 2 nitrogen and oxygen atoms in total. The number of benzene rings is 1. The zero-order valence-electron chi connectivity index (χ0n) is 7.26. The number of ether oxygens (including phenoxy) is 1. The first kappa shape index (κ1) is 9.71. The quantitative estimate of drug-likeness (QED) is 0.787. The van der Waals surface area contributed by atoms with Gasteiger partial charge >= 0.3 is 0 Å². The predicted molar refractivity (Wildman–Crippen MR) is 57.5 cm³/mol. The zero-order chi connectivity index (χ0) is 10.1. The van der Waals surface area contributed by atoms with Gasteiger partial charge in [0.2, 0.25) is 0 Å². The summed E-state index contributed by atoms with van der Waals surface area (Å²) in [5, 5.41) is 8.86. The fourth-order valence-corrected chi connectivity index (χ4v) is 1.67. The molecule has 0 aliphatic heterocycles. The third-order valence-corrected chi connectivity index (χ3v) is 3.04. The van der Waals surface area contributed by atoms with Crippen LogP contribution in [0.1, 0.15) is 18.4 Å². The van der Waals surface area contributed by atoms with Crippen molar-refractivity contribution in [2.24, 2.45) is 0 Å². The topological polar surface area (TPSA) is 33.0 Å². The first-order chi connectivity index (χ1) is 6.72. The van der Waals surface area contributed by atoms with Gasteiger partial charge in [-0.1, -0.05) is 0 Å². The monoisotopic (exact) mass is 303 g/mol. The molecule has 0 aromatic heterocycles. The lowest BCUT2D eigenvalue weighted by atomic mass is 10.2. The highest BCUT2D eigenvalue weighted by molar-refractivity contribution is 14.1. The van der Waals surface area contributed by atoms with E-state index in [2.05, 4.69) is 0 Å². The van der Waals surface area contributed by atoms with Crippen molar-refractivity contribution in [3.05, 3.63) is 27.1 Å². The van der Waals surface area contributed by atoms with E-state index in [1.807, 2.05) is 28.7 Å². The maximum absolute atomic E-state index is 13.1. The van der Waals surface area contributed by atoms with Gasteiger partial charge in [0.25, 0.3) is 0 Å². The van der Waals surface area contributed by atoms with Crippen molar-refractivity contribution in [3.63, 3.8) is 0 Å². The van der Waals surface area contributed by atoms with Gasteiger partial charge in [0.1, 0.15) is 23.2 Å². The van der Waals surface area contributed by atoms with Crippen LogP contribution in [0.3, 0.4) is 0 Å². The second kappa shape index (κ2) is 3.73. The number of hydrogen-bond acceptors (Lipinski definition) is 2. The number of halogens is 2. The van der Waals surface area contributed by atoms with Crippen LogP contribution in [-0.2, 0) is 0 Å². The molecule has 1 fully saturated rings. The molecule has 4 heteroatoms. The third-order valence-electron chi connectivity index (χ3n) is 1.99. The van der Waals surface area contributed by atoms with E-state index < -0.39 is 0 Å². The summed E-state index contributed by atoms with van der Waals surface area (Å²) in [4.78, 5) is 0. The minimum atomic E-state index is -0.370. The molecule has 1 aromatic rings. The number of rotatable bonds is 2. The highest BCUT2D eigenvalue weighted by atomic mass is 127. The van der Waals surface area contributed by atoms with Crippen molar-refractivity contribution >= 4 is 22.6 Å². The minimum absolute atomic E-state index is 0.225. The Morgan fingerprint density at radius 1 is 1.50 bits per heavy atom. The molecule has 1 saturated carbocycles. The van der Waals surface area contributed by atoms with Crippen molar-refractivity contribution in [2.75, 3.05) is 0 Å². The molecule has 0 saturated heterocycles. The van der Waals surface area contributed by atoms with E-state index in [4.69, 9.17) is 10.00 Å². The first-order valence-electron chi connectivity index (χ1n) is 4.27. The SMILES string of the molecule is N#Cc1c(OC2CC2)ccc(F)c1I. The van der Waals surface area contributed by atoms with E-state index in [1.54, 1.807) is 0 Å². The second-order valence-corrected chi connectivity index (χ2v) is 4.24. The van der Waals surface area contributed by atoms with Crippen LogP contribution in [0.25, 0.3) is 0 Å². The van der Waals surface area contributed by atoms with Crippen molar-refractivity contribution < 1.29 is 9.13 Å². The van der Waals surface area contributed by atoms with Crippen LogP contribution in [0, 0.1) is 20.7 Å². The number of nitriles is 1. The van der Waals surface area contributed by atoms with Gasteiger partial charge in [0.05, 0.1) is 9.67 Å². The summed E-state index contributed by atoms with van der Waals surface area (Å²) in [7, 11) is 0. The van der Waals surface area contributed by atoms with E-state index >= 15 is 0 Å². The van der Waals surface area contributed by atoms with Crippen LogP contribution in [0.5, 0.6) is 5.75 Å². The largest absolute Gasteiger partial charge is 0.489 e. The molecular formula is C10H7FINO. The Balaban J connectivity index is 2.38. The smallest absolute Gasteiger partial charge is 0.138 e. The molecule has 0 spiro atoms. The fourth-order valence-electron chi connectivity index (χ4n) is 1.10. The van der Waals surface area contributed by atoms with Crippen molar-refractivity contribution in [1.29, 1.82) is 5.26 Å². The summed E-state index contributed by atoms with van der Waals surface area (Å²) in [5.41, 5.74) is 0.303. The molecule has 72 valence electrons. The summed E-state index contributed by atoms with van der Waals surface area (Å²) < 4.78 is 18.9. The van der Waals surface area contributed by atoms with Crippen LogP contribution in [0.15, 0.2) is 12.1 Å². The van der Waals surface area contributed by atoms with E-state index in [0.29, 0.717) is 14.9 Å². The lowest BCUT2D eigenvalue weighted by molar-refractivity contribution is 0.301. The molecule has 0 radical (unpaired) electrons. The standard InChI is InChI=1S/C10H7FINO/c11-8-3-4-9(14-6-1-2-6)7(5-13)10(8)12/h3-4,6H,1-2H2. The number of nitrogens with zero attached hydrogens (tertiary/aromatic N) is 1. The Kier molecular flexibility index (Phi) is 2.59. The van der Waals surface area contributed by atoms with Crippen LogP contribution < -0.4 is 4.74 Å². The predicted octanol–water partition coefficient (Wildman–Crippen LogP) is 2.84. The van der Waals surface area contributed by atoms with Crippen LogP contribution in [0.2, 0.25) is 0 Å². The van der Waals surface area contributed by atoms with Gasteiger partial charge in [-0.05, 0) is 47.6 Å². The van der Waals surface area contributed by atoms with Crippen molar-refractivity contribution in [2.45, 2.75) is 18.9 Å². The van der Waals surface area contributed by atoms with Gasteiger partial charge in [-0.2, -0.15) is 5.26 Å². The van der Waals surface area contributed by atoms with Gasteiger partial charge < -0.3 is 4.74 Å². The van der Waals surface area contributed by atoms with Crippen LogP contribution in [0.4, 0.5) is 4.39 Å². The maximum Gasteiger partial charge on any atom is 0.138 e. The molecule has 2 rings (SSSR count). The lowest BCUT2D eigenvalue weighted by Gasteiger charge is -2.07. The molecule has 0 N–H and O–H groups in total. The number of hydrogen-bond donors (Lipinski definition) is 0. The summed E-state index contributed by atoms with van der Waals surface area (Å²) in [6, 6.07) is 4.82. The Morgan fingerprint density at radius 2 is 2.21 bits per heavy atom. The second-order valence-electron chi connectivity index (χ2n) is 3.16. The fraction of sp³-hybridized carbons (Fsp3) is 0.300. The van der Waals surface area contributed by atoms with Gasteiger partial charge in [-0.25, -0.2) is 4.39 Å². The zero-order valence-corrected chi connectivity index (χ0v) is 9.42. The molecule has 0 unspecified atom stereocenters. The minimum Gasteiger partial charge on any atom is -0.489 e. The summed E-state index contributed by atoms with van der Waals surface area (Å²) in [6.45, 7) is 0. The average Bonchev–Trinajstić information content (AvgIpc) is 2.96. The Morgan fingerprint density at radius 3 is 2.79 bits per heavy atom. The highest BCUT2D eigenvalue weighted by Crippen LogP contribution is 2.31. The van der Waals surface area contributed by atoms with Crippen LogP contribution in [-0.4, -0.2) is 6.10 Å². The first-order valence-corrected chi connectivity index (χ1v) is 5.35. The Hall–Kier alpha value is -0.830. The molecular weight excluding hydrogens is 296 g/mol. The van der Waals surface area contributed by atoms with Crippen LogP contribution >= 0.6 is 22.6 Å². The molecule has 0 bridgehead atoms. The van der Waals surface area contributed by atoms with Crippen molar-refractivity contribution in [3.8, 4) is 11.8 Å². The normalized spacial score (nSPS) is 14.9. The Bertz CT molecular complexity index is 409. The molecule has 0 heterocycles. The highest BCUT2D eigenvalue weighted by Gasteiger charge is 2.25. The summed E-state index contributed by atoms with van der Waals surface area (Å²) >= 11 is 1.82. The maximum atomic E-state index is 13.1. The van der Waals surface area contributed by atoms with Gasteiger partial charge in [-0.15, -0.1) is 0 Å². The van der Waals surface area contributed by atoms with Crippen molar-refractivity contribution in [1.82, 2.24) is 0 Å².